The van der Waals surface area contributed by atoms with E-state index in [0.29, 0.717) is 11.4 Å². The summed E-state index contributed by atoms with van der Waals surface area (Å²) in [5, 5.41) is 22.0. The predicted molar refractivity (Wildman–Crippen MR) is 57.6 cm³/mol. The highest BCUT2D eigenvalue weighted by Gasteiger charge is 2.23. The Balaban J connectivity index is 2.49. The molecule has 0 spiro atoms. The van der Waals surface area contributed by atoms with Gasteiger partial charge in [0, 0.05) is 0 Å². The van der Waals surface area contributed by atoms with Crippen LogP contribution < -0.4 is 0 Å². The maximum Gasteiger partial charge on any atom is 0.346 e. The van der Waals surface area contributed by atoms with Crippen molar-refractivity contribution in [3.63, 3.8) is 0 Å². The van der Waals surface area contributed by atoms with Gasteiger partial charge in [-0.05, 0) is 23.9 Å². The van der Waals surface area contributed by atoms with Crippen LogP contribution in [0.4, 0.5) is 5.82 Å². The molecular weight excluding hydrogens is 242 g/mol. The minimum Gasteiger partial charge on any atom is -0.358 e. The zero-order chi connectivity index (χ0) is 13.3. The zero-order valence-electron chi connectivity index (χ0n) is 9.65. The summed E-state index contributed by atoms with van der Waals surface area (Å²) in [6, 6.07) is 1.23. The fourth-order valence-electron chi connectivity index (χ4n) is 1.46. The van der Waals surface area contributed by atoms with Gasteiger partial charge >= 0.3 is 5.82 Å². The van der Waals surface area contributed by atoms with Crippen molar-refractivity contribution in [1.82, 2.24) is 20.1 Å². The second-order valence-corrected chi connectivity index (χ2v) is 3.70. The number of aromatic nitrogens is 4. The molecule has 0 aromatic carbocycles. The smallest absolute Gasteiger partial charge is 0.346 e. The fourth-order valence-corrected chi connectivity index (χ4v) is 1.46. The Hall–Kier alpha value is -2.58. The van der Waals surface area contributed by atoms with E-state index in [1.54, 1.807) is 6.92 Å². The summed E-state index contributed by atoms with van der Waals surface area (Å²) >= 11 is 0. The minimum absolute atomic E-state index is 0.166. The molecule has 0 fully saturated rings. The first kappa shape index (κ1) is 11.9. The number of rotatable bonds is 4. The lowest BCUT2D eigenvalue weighted by Gasteiger charge is -1.94. The normalized spacial score (nSPS) is 10.6. The molecule has 0 radical (unpaired) electrons. The van der Waals surface area contributed by atoms with Crippen LogP contribution in [0.2, 0.25) is 0 Å². The van der Waals surface area contributed by atoms with Gasteiger partial charge in [-0.15, -0.1) is 4.68 Å². The van der Waals surface area contributed by atoms with Gasteiger partial charge in [-0.1, -0.05) is 10.3 Å². The van der Waals surface area contributed by atoms with Gasteiger partial charge in [-0.3, -0.25) is 4.79 Å². The third-order valence-electron chi connectivity index (χ3n) is 2.21. The number of aryl methyl sites for hydroxylation is 1. The average Bonchev–Trinajstić information content (AvgIpc) is 2.83. The Labute approximate surface area is 101 Å². The highest BCUT2D eigenvalue weighted by Crippen LogP contribution is 2.23. The molecule has 2 rings (SSSR count). The molecule has 0 amide bonds. The maximum atomic E-state index is 11.0. The quantitative estimate of drug-likeness (QED) is 0.580. The second kappa shape index (κ2) is 4.35. The van der Waals surface area contributed by atoms with Gasteiger partial charge < -0.3 is 10.1 Å². The third-order valence-corrected chi connectivity index (χ3v) is 2.21. The van der Waals surface area contributed by atoms with E-state index in [4.69, 9.17) is 0 Å². The standard InChI is InChI=1S/C9H9N5O4/c1-5(15)4-13-8(14(16)17)3-7(10-13)9-6(2)11-18-12-9/h3H,4H2,1-2H3. The van der Waals surface area contributed by atoms with Crippen LogP contribution in [0.5, 0.6) is 0 Å². The van der Waals surface area contributed by atoms with E-state index in [1.165, 1.54) is 13.0 Å². The summed E-state index contributed by atoms with van der Waals surface area (Å²) in [7, 11) is 0. The van der Waals surface area contributed by atoms with Crippen LogP contribution in [0.1, 0.15) is 12.6 Å². The SMILES string of the molecule is CC(=O)Cn1nc(-c2nonc2C)cc1[N+](=O)[O-]. The topological polar surface area (TPSA) is 117 Å². The van der Waals surface area contributed by atoms with Crippen LogP contribution >= 0.6 is 0 Å². The molecule has 9 nitrogen and oxygen atoms in total. The van der Waals surface area contributed by atoms with Crippen molar-refractivity contribution in [3.8, 4) is 11.4 Å². The van der Waals surface area contributed by atoms with Gasteiger partial charge in [-0.2, -0.15) is 0 Å². The lowest BCUT2D eigenvalue weighted by atomic mass is 10.2. The number of Topliss-reactive ketones (excluding diaryl/α,β-unsaturated/α-hetero) is 1. The van der Waals surface area contributed by atoms with Crippen molar-refractivity contribution in [2.75, 3.05) is 0 Å². The summed E-state index contributed by atoms with van der Waals surface area (Å²) in [6.07, 6.45) is 0. The Bertz CT molecular complexity index is 614. The molecule has 94 valence electrons. The molecule has 0 atom stereocenters. The third kappa shape index (κ3) is 2.10. The fraction of sp³-hybridized carbons (Fsp3) is 0.333. The van der Waals surface area contributed by atoms with Crippen molar-refractivity contribution in [1.29, 1.82) is 0 Å². The highest BCUT2D eigenvalue weighted by atomic mass is 16.6. The van der Waals surface area contributed by atoms with Gasteiger partial charge in [0.25, 0.3) is 0 Å². The van der Waals surface area contributed by atoms with E-state index >= 15 is 0 Å². The maximum absolute atomic E-state index is 11.0. The predicted octanol–water partition coefficient (Wildman–Crippen LogP) is 0.739. The number of carbonyl (C=O) groups is 1. The summed E-state index contributed by atoms with van der Waals surface area (Å²) in [5.41, 5.74) is 1.04. The molecule has 2 aromatic heterocycles. The van der Waals surface area contributed by atoms with E-state index in [9.17, 15) is 14.9 Å². The molecule has 0 saturated heterocycles. The number of carbonyl (C=O) groups excluding carboxylic acids is 1. The van der Waals surface area contributed by atoms with Crippen molar-refractivity contribution in [3.05, 3.63) is 21.9 Å². The Morgan fingerprint density at radius 3 is 2.78 bits per heavy atom. The number of nitro groups is 1. The van der Waals surface area contributed by atoms with Crippen LogP contribution in [0.25, 0.3) is 11.4 Å². The lowest BCUT2D eigenvalue weighted by Crippen LogP contribution is -2.10. The highest BCUT2D eigenvalue weighted by molar-refractivity contribution is 5.75. The monoisotopic (exact) mass is 251 g/mol. The van der Waals surface area contributed by atoms with Crippen LogP contribution in [0.3, 0.4) is 0 Å². The zero-order valence-corrected chi connectivity index (χ0v) is 9.65. The van der Waals surface area contributed by atoms with Crippen LogP contribution in [-0.4, -0.2) is 30.8 Å². The Morgan fingerprint density at radius 2 is 2.28 bits per heavy atom. The van der Waals surface area contributed by atoms with Crippen LogP contribution in [0.15, 0.2) is 10.7 Å². The first-order chi connectivity index (χ1) is 8.49. The van der Waals surface area contributed by atoms with Crippen LogP contribution in [-0.2, 0) is 11.3 Å². The summed E-state index contributed by atoms with van der Waals surface area (Å²) in [6.45, 7) is 2.80. The summed E-state index contributed by atoms with van der Waals surface area (Å²) in [5.74, 6) is -0.509. The van der Waals surface area contributed by atoms with Crippen LogP contribution in [0, 0.1) is 17.0 Å². The molecule has 9 heteroatoms. The first-order valence-electron chi connectivity index (χ1n) is 5.00. The molecule has 0 bridgehead atoms. The van der Waals surface area contributed by atoms with Crippen molar-refractivity contribution in [2.24, 2.45) is 0 Å². The minimum atomic E-state index is -0.609. The van der Waals surface area contributed by atoms with E-state index in [2.05, 4.69) is 20.0 Å². The number of nitrogens with zero attached hydrogens (tertiary/aromatic N) is 5. The molecular formula is C9H9N5O4. The molecule has 2 heterocycles. The van der Waals surface area contributed by atoms with Gasteiger partial charge in [-0.25, -0.2) is 4.63 Å². The largest absolute Gasteiger partial charge is 0.358 e. The van der Waals surface area contributed by atoms with E-state index in [-0.39, 0.29) is 23.8 Å². The Kier molecular flexibility index (Phi) is 2.88. The van der Waals surface area contributed by atoms with Gasteiger partial charge in [0.1, 0.15) is 11.4 Å². The van der Waals surface area contributed by atoms with Gasteiger partial charge in [0.05, 0.1) is 6.07 Å². The van der Waals surface area contributed by atoms with Gasteiger partial charge in [0.2, 0.25) is 0 Å². The molecule has 0 aliphatic rings. The number of ketones is 1. The van der Waals surface area contributed by atoms with E-state index in [0.717, 1.165) is 4.68 Å². The molecule has 0 unspecified atom stereocenters. The summed E-state index contributed by atoms with van der Waals surface area (Å²) < 4.78 is 5.52. The number of hydrogen-bond donors (Lipinski definition) is 0. The average molecular weight is 251 g/mol. The molecule has 2 aromatic rings. The molecule has 0 saturated carbocycles. The van der Waals surface area contributed by atoms with Crippen molar-refractivity contribution in [2.45, 2.75) is 20.4 Å². The Morgan fingerprint density at radius 1 is 1.56 bits per heavy atom. The molecule has 18 heavy (non-hydrogen) atoms. The lowest BCUT2D eigenvalue weighted by molar-refractivity contribution is -0.392. The molecule has 0 aliphatic carbocycles. The van der Waals surface area contributed by atoms with Crippen molar-refractivity contribution >= 4 is 11.6 Å². The van der Waals surface area contributed by atoms with Gasteiger partial charge in [0.15, 0.2) is 18.0 Å². The first-order valence-corrected chi connectivity index (χ1v) is 5.00. The van der Waals surface area contributed by atoms with Crippen molar-refractivity contribution < 1.29 is 14.3 Å². The molecule has 0 aliphatic heterocycles. The summed E-state index contributed by atoms with van der Waals surface area (Å²) in [4.78, 5) is 21.3. The second-order valence-electron chi connectivity index (χ2n) is 3.70. The van der Waals surface area contributed by atoms with E-state index < -0.39 is 4.92 Å². The van der Waals surface area contributed by atoms with E-state index in [1.807, 2.05) is 0 Å². The number of hydrogen-bond acceptors (Lipinski definition) is 7. The molecule has 0 N–H and O–H groups in total.